The third kappa shape index (κ3) is 2.84. The van der Waals surface area contributed by atoms with Crippen molar-refractivity contribution < 1.29 is 8.83 Å². The average molecular weight is 602 g/mol. The summed E-state index contributed by atoms with van der Waals surface area (Å²) in [6.45, 7) is 0. The molecule has 1 aliphatic carbocycles. The predicted octanol–water partition coefficient (Wildman–Crippen LogP) is 11.1. The molecule has 218 valence electrons. The van der Waals surface area contributed by atoms with Crippen molar-refractivity contribution in [2.45, 2.75) is 6.29 Å². The minimum Gasteiger partial charge on any atom is -0.456 e. The predicted molar refractivity (Wildman–Crippen MR) is 192 cm³/mol. The molecule has 1 unspecified atom stereocenters. The van der Waals surface area contributed by atoms with Gasteiger partial charge in [0.2, 0.25) is 6.29 Å². The second kappa shape index (κ2) is 8.27. The van der Waals surface area contributed by atoms with Crippen molar-refractivity contribution in [1.82, 2.24) is 4.57 Å². The summed E-state index contributed by atoms with van der Waals surface area (Å²) in [4.78, 5) is 5.50. The van der Waals surface area contributed by atoms with Crippen LogP contribution in [0.1, 0.15) is 17.4 Å². The molecule has 5 nitrogen and oxygen atoms in total. The van der Waals surface area contributed by atoms with E-state index >= 15 is 0 Å². The number of para-hydroxylation sites is 2. The number of rotatable bonds is 2. The fourth-order valence-corrected chi connectivity index (χ4v) is 8.52. The topological polar surface area (TPSA) is 55.6 Å². The molecular weight excluding hydrogens is 578 g/mol. The smallest absolute Gasteiger partial charge is 0.201 e. The molecule has 4 heterocycles. The number of aliphatic imine (C=N–C) groups is 1. The van der Waals surface area contributed by atoms with E-state index in [-0.39, 0.29) is 0 Å². The van der Waals surface area contributed by atoms with Crippen molar-refractivity contribution in [2.75, 3.05) is 5.32 Å². The lowest BCUT2D eigenvalue weighted by molar-refractivity contribution is 0.625. The van der Waals surface area contributed by atoms with Gasteiger partial charge in [-0.15, -0.1) is 0 Å². The maximum absolute atomic E-state index is 6.96. The van der Waals surface area contributed by atoms with E-state index in [4.69, 9.17) is 13.8 Å². The summed E-state index contributed by atoms with van der Waals surface area (Å²) in [6.07, 6.45) is -0.402. The van der Waals surface area contributed by atoms with Crippen LogP contribution in [0.15, 0.2) is 141 Å². The Labute approximate surface area is 266 Å². The minimum atomic E-state index is -0.402. The van der Waals surface area contributed by atoms with E-state index in [0.717, 1.165) is 93.6 Å². The number of benzene rings is 7. The third-order valence-corrected chi connectivity index (χ3v) is 10.3. The van der Waals surface area contributed by atoms with Crippen molar-refractivity contribution in [3.8, 4) is 11.1 Å². The number of nitrogens with one attached hydrogen (secondary N) is 1. The molecule has 0 bridgehead atoms. The first-order chi connectivity index (χ1) is 23.3. The van der Waals surface area contributed by atoms with Crippen LogP contribution in [-0.4, -0.2) is 10.3 Å². The van der Waals surface area contributed by atoms with Crippen LogP contribution in [0.3, 0.4) is 0 Å². The van der Waals surface area contributed by atoms with Crippen molar-refractivity contribution in [1.29, 1.82) is 0 Å². The molecule has 5 heteroatoms. The van der Waals surface area contributed by atoms with Gasteiger partial charge in [-0.25, -0.2) is 4.99 Å². The van der Waals surface area contributed by atoms with Crippen LogP contribution >= 0.6 is 0 Å². The molecule has 1 aliphatic heterocycles. The molecule has 0 spiro atoms. The van der Waals surface area contributed by atoms with Crippen LogP contribution in [0.5, 0.6) is 0 Å². The molecule has 12 rings (SSSR count). The van der Waals surface area contributed by atoms with E-state index in [1.54, 1.807) is 0 Å². The van der Waals surface area contributed by atoms with Gasteiger partial charge in [-0.3, -0.25) is 4.57 Å². The Hall–Kier alpha value is -6.33. The van der Waals surface area contributed by atoms with Crippen molar-refractivity contribution in [2.24, 2.45) is 4.99 Å². The van der Waals surface area contributed by atoms with E-state index < -0.39 is 6.29 Å². The Morgan fingerprint density at radius 1 is 0.511 bits per heavy atom. The normalized spacial score (nSPS) is 15.3. The zero-order chi connectivity index (χ0) is 30.4. The Morgan fingerprint density at radius 3 is 2.09 bits per heavy atom. The zero-order valence-corrected chi connectivity index (χ0v) is 24.9. The highest BCUT2D eigenvalue weighted by Gasteiger charge is 2.31. The summed E-state index contributed by atoms with van der Waals surface area (Å²) in [5.74, 6) is 0. The van der Waals surface area contributed by atoms with Crippen molar-refractivity contribution >= 4 is 87.9 Å². The summed E-state index contributed by atoms with van der Waals surface area (Å²) in [5, 5.41) is 13.0. The molecular formula is C42H23N3O2. The van der Waals surface area contributed by atoms with Gasteiger partial charge in [-0.05, 0) is 47.5 Å². The first-order valence-electron chi connectivity index (χ1n) is 16.0. The molecule has 1 N–H and O–H groups in total. The fraction of sp³-hybridized carbons (Fsp3) is 0.0238. The lowest BCUT2D eigenvalue weighted by Gasteiger charge is -2.28. The second-order valence-electron chi connectivity index (χ2n) is 12.6. The first-order valence-corrected chi connectivity index (χ1v) is 16.0. The molecule has 0 fully saturated rings. The monoisotopic (exact) mass is 601 g/mol. The van der Waals surface area contributed by atoms with Crippen LogP contribution in [-0.2, 0) is 0 Å². The van der Waals surface area contributed by atoms with Gasteiger partial charge >= 0.3 is 0 Å². The molecule has 47 heavy (non-hydrogen) atoms. The maximum atomic E-state index is 6.96. The first kappa shape index (κ1) is 24.0. The van der Waals surface area contributed by atoms with E-state index in [2.05, 4.69) is 137 Å². The second-order valence-corrected chi connectivity index (χ2v) is 12.6. The van der Waals surface area contributed by atoms with Gasteiger partial charge in [0.15, 0.2) is 0 Å². The largest absolute Gasteiger partial charge is 0.456 e. The number of nitrogens with zero attached hydrogens (tertiary/aromatic N) is 2. The van der Waals surface area contributed by atoms with Gasteiger partial charge in [0, 0.05) is 54.5 Å². The highest BCUT2D eigenvalue weighted by atomic mass is 16.3. The van der Waals surface area contributed by atoms with Crippen molar-refractivity contribution in [3.63, 3.8) is 0 Å². The quantitative estimate of drug-likeness (QED) is 0.214. The van der Waals surface area contributed by atoms with Crippen LogP contribution in [0.4, 0.5) is 5.69 Å². The number of anilines is 1. The number of furan rings is 2. The SMILES string of the molecule is c1ccc(C2=NC(n3c4ccccc4c4c5oc6cccc7c6c5c5c(ccc6oc8cccc-7c8c65)c43)Nc3ccccc32)cc1. The van der Waals surface area contributed by atoms with Gasteiger partial charge in [-0.2, -0.15) is 0 Å². The molecule has 2 aliphatic rings. The molecule has 0 amide bonds. The lowest BCUT2D eigenvalue weighted by atomic mass is 9.97. The van der Waals surface area contributed by atoms with Crippen LogP contribution in [0.2, 0.25) is 0 Å². The van der Waals surface area contributed by atoms with E-state index in [1.807, 2.05) is 0 Å². The molecule has 7 aromatic carbocycles. The Bertz CT molecular complexity index is 3050. The van der Waals surface area contributed by atoms with E-state index in [1.165, 1.54) is 16.5 Å². The number of aromatic nitrogens is 1. The van der Waals surface area contributed by atoms with Crippen molar-refractivity contribution in [3.05, 3.63) is 139 Å². The number of hydrogen-bond acceptors (Lipinski definition) is 4. The highest BCUT2D eigenvalue weighted by Crippen LogP contribution is 2.54. The molecule has 10 aromatic rings. The summed E-state index contributed by atoms with van der Waals surface area (Å²) >= 11 is 0. The lowest BCUT2D eigenvalue weighted by Crippen LogP contribution is -2.24. The van der Waals surface area contributed by atoms with Gasteiger partial charge in [0.1, 0.15) is 22.3 Å². The highest BCUT2D eigenvalue weighted by molar-refractivity contribution is 6.43. The van der Waals surface area contributed by atoms with Crippen LogP contribution in [0.25, 0.3) is 87.6 Å². The third-order valence-electron chi connectivity index (χ3n) is 10.3. The Morgan fingerprint density at radius 2 is 1.21 bits per heavy atom. The summed E-state index contributed by atoms with van der Waals surface area (Å²) in [7, 11) is 0. The van der Waals surface area contributed by atoms with E-state index in [9.17, 15) is 0 Å². The van der Waals surface area contributed by atoms with Crippen LogP contribution in [0, 0.1) is 0 Å². The fourth-order valence-electron chi connectivity index (χ4n) is 8.52. The zero-order valence-electron chi connectivity index (χ0n) is 24.9. The molecule has 0 saturated heterocycles. The summed E-state index contributed by atoms with van der Waals surface area (Å²) < 4.78 is 15.9. The van der Waals surface area contributed by atoms with Gasteiger partial charge in [-0.1, -0.05) is 91.0 Å². The standard InChI is InChI=1S/C42H23N3O2/c1-2-10-22(11-3-1)39-25-12-4-6-16-28(25)43-42(44-39)45-29-17-7-5-13-26(29)36-40(45)27-20-21-32-37-33-23(14-8-18-30(33)46-32)24-15-9-19-31-34(24)38(35(27)37)41(36)47-31/h1-21,42-43H. The Kier molecular flexibility index (Phi) is 4.22. The van der Waals surface area contributed by atoms with E-state index in [0.29, 0.717) is 0 Å². The van der Waals surface area contributed by atoms with Gasteiger partial charge in [0.05, 0.1) is 22.1 Å². The summed E-state index contributed by atoms with van der Waals surface area (Å²) in [6, 6.07) is 44.8. The molecule has 0 saturated carbocycles. The maximum Gasteiger partial charge on any atom is 0.201 e. The average Bonchev–Trinajstić information content (AvgIpc) is 3.78. The summed E-state index contributed by atoms with van der Waals surface area (Å²) in [5.41, 5.74) is 12.4. The number of hydrogen-bond donors (Lipinski definition) is 1. The van der Waals surface area contributed by atoms with Crippen LogP contribution < -0.4 is 5.32 Å². The molecule has 0 radical (unpaired) electrons. The molecule has 3 aromatic heterocycles. The van der Waals surface area contributed by atoms with Gasteiger partial charge < -0.3 is 14.2 Å². The minimum absolute atomic E-state index is 0.402. The number of fused-ring (bicyclic) bond motifs is 7. The Balaban J connectivity index is 1.32. The molecule has 1 atom stereocenters. The van der Waals surface area contributed by atoms with Gasteiger partial charge in [0.25, 0.3) is 0 Å².